The number of nitrogens with one attached hydrogen (secondary N) is 1. The maximum Gasteiger partial charge on any atom is 0.340 e. The van der Waals surface area contributed by atoms with Gasteiger partial charge in [0.15, 0.2) is 0 Å². The zero-order valence-corrected chi connectivity index (χ0v) is 8.84. The van der Waals surface area contributed by atoms with Crippen molar-refractivity contribution in [3.63, 3.8) is 0 Å². The molecule has 0 aliphatic carbocycles. The number of aromatic amines is 1. The molecule has 1 N–H and O–H groups in total. The van der Waals surface area contributed by atoms with E-state index in [2.05, 4.69) is 9.97 Å². The van der Waals surface area contributed by atoms with Gasteiger partial charge in [0.2, 0.25) is 0 Å². The molecule has 0 atom stereocenters. The van der Waals surface area contributed by atoms with Crippen LogP contribution in [0.25, 0.3) is 11.0 Å². The van der Waals surface area contributed by atoms with E-state index in [4.69, 9.17) is 16.3 Å². The van der Waals surface area contributed by atoms with Crippen molar-refractivity contribution in [2.45, 2.75) is 6.92 Å². The largest absolute Gasteiger partial charge is 0.462 e. The van der Waals surface area contributed by atoms with Crippen LogP contribution in [-0.4, -0.2) is 22.5 Å². The summed E-state index contributed by atoms with van der Waals surface area (Å²) in [5, 5.41) is 1.17. The number of ether oxygens (including phenoxy) is 1. The predicted molar refractivity (Wildman–Crippen MR) is 57.1 cm³/mol. The number of hydrogen-bond acceptors (Lipinski definition) is 3. The Hall–Kier alpha value is -1.55. The minimum Gasteiger partial charge on any atom is -0.462 e. The highest BCUT2D eigenvalue weighted by Gasteiger charge is 2.13. The molecule has 78 valence electrons. The average Bonchev–Trinajstić information content (AvgIpc) is 2.60. The summed E-state index contributed by atoms with van der Waals surface area (Å²) in [5.41, 5.74) is 1.09. The number of halogens is 1. The Kier molecular flexibility index (Phi) is 2.60. The van der Waals surface area contributed by atoms with Crippen LogP contribution >= 0.6 is 11.6 Å². The SMILES string of the molecule is CCOC(=O)c1c[nH]c2ncc(Cl)cc12. The summed E-state index contributed by atoms with van der Waals surface area (Å²) in [7, 11) is 0. The second kappa shape index (κ2) is 3.90. The Labute approximate surface area is 91.2 Å². The molecule has 0 bridgehead atoms. The Morgan fingerprint density at radius 1 is 1.67 bits per heavy atom. The number of carbonyl (C=O) groups is 1. The molecule has 0 amide bonds. The van der Waals surface area contributed by atoms with E-state index in [1.54, 1.807) is 19.2 Å². The molecule has 2 heterocycles. The molecule has 0 saturated carbocycles. The van der Waals surface area contributed by atoms with Gasteiger partial charge in [-0.2, -0.15) is 0 Å². The number of hydrogen-bond donors (Lipinski definition) is 1. The summed E-state index contributed by atoms with van der Waals surface area (Å²) in [6.07, 6.45) is 3.10. The zero-order chi connectivity index (χ0) is 10.8. The number of fused-ring (bicyclic) bond motifs is 1. The lowest BCUT2D eigenvalue weighted by molar-refractivity contribution is 0.0529. The third-order valence-electron chi connectivity index (χ3n) is 1.99. The molecule has 0 unspecified atom stereocenters. The molecule has 2 rings (SSSR count). The number of pyridine rings is 1. The highest BCUT2D eigenvalue weighted by molar-refractivity contribution is 6.31. The number of aromatic nitrogens is 2. The Bertz CT molecular complexity index is 507. The van der Waals surface area contributed by atoms with Gasteiger partial charge in [-0.05, 0) is 13.0 Å². The molecule has 0 radical (unpaired) electrons. The van der Waals surface area contributed by atoms with Crippen molar-refractivity contribution in [1.29, 1.82) is 0 Å². The van der Waals surface area contributed by atoms with Crippen LogP contribution in [0.3, 0.4) is 0 Å². The highest BCUT2D eigenvalue weighted by Crippen LogP contribution is 2.20. The first-order chi connectivity index (χ1) is 7.22. The molecule has 2 aromatic heterocycles. The van der Waals surface area contributed by atoms with E-state index in [9.17, 15) is 4.79 Å². The lowest BCUT2D eigenvalue weighted by atomic mass is 10.2. The lowest BCUT2D eigenvalue weighted by Crippen LogP contribution is -2.03. The van der Waals surface area contributed by atoms with E-state index >= 15 is 0 Å². The third-order valence-corrected chi connectivity index (χ3v) is 2.20. The van der Waals surface area contributed by atoms with Crippen LogP contribution in [0.2, 0.25) is 5.02 Å². The topological polar surface area (TPSA) is 55.0 Å². The Morgan fingerprint density at radius 2 is 2.47 bits per heavy atom. The lowest BCUT2D eigenvalue weighted by Gasteiger charge is -1.99. The van der Waals surface area contributed by atoms with Crippen molar-refractivity contribution in [3.05, 3.63) is 29.0 Å². The van der Waals surface area contributed by atoms with E-state index in [0.29, 0.717) is 28.2 Å². The summed E-state index contributed by atoms with van der Waals surface area (Å²) in [6, 6.07) is 1.69. The predicted octanol–water partition coefficient (Wildman–Crippen LogP) is 2.39. The van der Waals surface area contributed by atoms with Gasteiger partial charge in [-0.15, -0.1) is 0 Å². The summed E-state index contributed by atoms with van der Waals surface area (Å²) < 4.78 is 4.90. The number of H-pyrrole nitrogens is 1. The van der Waals surface area contributed by atoms with E-state index < -0.39 is 0 Å². The third kappa shape index (κ3) is 1.80. The summed E-state index contributed by atoms with van der Waals surface area (Å²) in [6.45, 7) is 2.11. The summed E-state index contributed by atoms with van der Waals surface area (Å²) in [5.74, 6) is -0.368. The van der Waals surface area contributed by atoms with Gasteiger partial charge in [0.1, 0.15) is 5.65 Å². The van der Waals surface area contributed by atoms with Crippen LogP contribution < -0.4 is 0 Å². The Morgan fingerprint density at radius 3 is 3.20 bits per heavy atom. The molecule has 15 heavy (non-hydrogen) atoms. The van der Waals surface area contributed by atoms with E-state index in [0.717, 1.165) is 0 Å². The second-order valence-corrected chi connectivity index (χ2v) is 3.41. The number of carbonyl (C=O) groups excluding carboxylic acids is 1. The van der Waals surface area contributed by atoms with Crippen LogP contribution in [0, 0.1) is 0 Å². The van der Waals surface area contributed by atoms with Crippen molar-refractivity contribution in [2.24, 2.45) is 0 Å². The average molecular weight is 225 g/mol. The fraction of sp³-hybridized carbons (Fsp3) is 0.200. The number of esters is 1. The second-order valence-electron chi connectivity index (χ2n) is 2.97. The van der Waals surface area contributed by atoms with E-state index in [-0.39, 0.29) is 5.97 Å². The zero-order valence-electron chi connectivity index (χ0n) is 8.08. The quantitative estimate of drug-likeness (QED) is 0.797. The van der Waals surface area contributed by atoms with Crippen LogP contribution in [-0.2, 0) is 4.74 Å². The molecule has 0 fully saturated rings. The smallest absolute Gasteiger partial charge is 0.340 e. The molecule has 0 saturated heterocycles. The molecule has 5 heteroatoms. The fourth-order valence-corrected chi connectivity index (χ4v) is 1.51. The van der Waals surface area contributed by atoms with Crippen LogP contribution in [0.1, 0.15) is 17.3 Å². The normalized spacial score (nSPS) is 10.5. The van der Waals surface area contributed by atoms with E-state index in [1.807, 2.05) is 0 Å². The van der Waals surface area contributed by atoms with Gasteiger partial charge >= 0.3 is 5.97 Å². The first kappa shape index (κ1) is 9.98. The van der Waals surface area contributed by atoms with Crippen molar-refractivity contribution in [1.82, 2.24) is 9.97 Å². The minimum absolute atomic E-state index is 0.347. The van der Waals surface area contributed by atoms with Gasteiger partial charge in [0, 0.05) is 17.8 Å². The molecule has 0 spiro atoms. The monoisotopic (exact) mass is 224 g/mol. The van der Waals surface area contributed by atoms with Crippen molar-refractivity contribution < 1.29 is 9.53 Å². The van der Waals surface area contributed by atoms with Gasteiger partial charge in [-0.1, -0.05) is 11.6 Å². The number of nitrogens with zero attached hydrogens (tertiary/aromatic N) is 1. The van der Waals surface area contributed by atoms with Crippen molar-refractivity contribution in [3.8, 4) is 0 Å². The first-order valence-electron chi connectivity index (χ1n) is 4.52. The molecular formula is C10H9ClN2O2. The Balaban J connectivity index is 2.52. The standard InChI is InChI=1S/C10H9ClN2O2/c1-2-15-10(14)8-5-13-9-7(8)3-6(11)4-12-9/h3-5H,2H2,1H3,(H,12,13). The summed E-state index contributed by atoms with van der Waals surface area (Å²) >= 11 is 5.80. The number of rotatable bonds is 2. The van der Waals surface area contributed by atoms with Gasteiger partial charge in [-0.3, -0.25) is 0 Å². The van der Waals surface area contributed by atoms with Crippen molar-refractivity contribution in [2.75, 3.05) is 6.61 Å². The summed E-state index contributed by atoms with van der Waals surface area (Å²) in [4.78, 5) is 18.5. The first-order valence-corrected chi connectivity index (χ1v) is 4.90. The van der Waals surface area contributed by atoms with Crippen molar-refractivity contribution >= 4 is 28.6 Å². The molecular weight excluding hydrogens is 216 g/mol. The van der Waals surface area contributed by atoms with Crippen LogP contribution in [0.15, 0.2) is 18.5 Å². The minimum atomic E-state index is -0.368. The van der Waals surface area contributed by atoms with Gasteiger partial charge in [0.25, 0.3) is 0 Å². The molecule has 0 aliphatic heterocycles. The highest BCUT2D eigenvalue weighted by atomic mass is 35.5. The van der Waals surface area contributed by atoms with Gasteiger partial charge in [0.05, 0.1) is 17.2 Å². The van der Waals surface area contributed by atoms with Gasteiger partial charge in [-0.25, -0.2) is 9.78 Å². The maximum atomic E-state index is 11.5. The fourth-order valence-electron chi connectivity index (χ4n) is 1.36. The molecule has 0 aromatic carbocycles. The van der Waals surface area contributed by atoms with Crippen LogP contribution in [0.5, 0.6) is 0 Å². The maximum absolute atomic E-state index is 11.5. The van der Waals surface area contributed by atoms with Gasteiger partial charge < -0.3 is 9.72 Å². The van der Waals surface area contributed by atoms with E-state index in [1.165, 1.54) is 6.20 Å². The molecule has 4 nitrogen and oxygen atoms in total. The van der Waals surface area contributed by atoms with Crippen LogP contribution in [0.4, 0.5) is 0 Å². The molecule has 0 aliphatic rings. The molecule has 2 aromatic rings.